The molecule has 0 saturated heterocycles. The minimum atomic E-state index is -0.120. The molecule has 0 fully saturated rings. The average molecular weight is 1200 g/mol. The van der Waals surface area contributed by atoms with Crippen molar-refractivity contribution >= 4 is 59.4 Å². The Kier molecular flexibility index (Phi) is 16.5. The molecule has 0 atom stereocenters. The van der Waals surface area contributed by atoms with E-state index in [1.807, 2.05) is 27.7 Å². The van der Waals surface area contributed by atoms with Gasteiger partial charge < -0.3 is 0 Å². The van der Waals surface area contributed by atoms with E-state index in [-0.39, 0.29) is 16.2 Å². The van der Waals surface area contributed by atoms with E-state index >= 15 is 0 Å². The molecule has 0 bridgehead atoms. The zero-order valence-corrected chi connectivity index (χ0v) is 58.6. The zero-order valence-electron chi connectivity index (χ0n) is 58.6. The summed E-state index contributed by atoms with van der Waals surface area (Å²) in [5.41, 5.74) is 32.0. The van der Waals surface area contributed by atoms with Gasteiger partial charge in [0.05, 0.1) is 0 Å². The highest BCUT2D eigenvalue weighted by atomic mass is 14.4. The van der Waals surface area contributed by atoms with Gasteiger partial charge in [0.25, 0.3) is 0 Å². The van der Waals surface area contributed by atoms with Crippen molar-refractivity contribution in [2.45, 2.75) is 149 Å². The first-order valence-corrected chi connectivity index (χ1v) is 34.1. The van der Waals surface area contributed by atoms with Crippen molar-refractivity contribution < 1.29 is 0 Å². The summed E-state index contributed by atoms with van der Waals surface area (Å²) in [6, 6.07) is 69.2. The van der Waals surface area contributed by atoms with Crippen molar-refractivity contribution in [2.75, 3.05) is 0 Å². The maximum Gasteiger partial charge on any atom is -0.000719 e. The first-order chi connectivity index (χ1) is 44.0. The second-order valence-electron chi connectivity index (χ2n) is 29.3. The quantitative estimate of drug-likeness (QED) is 0.105. The largest absolute Gasteiger partial charge is 0.0817 e. The van der Waals surface area contributed by atoms with E-state index in [1.54, 1.807) is 0 Å². The third-order valence-electron chi connectivity index (χ3n) is 19.2. The standard InChI is InChI=1S/C88H82.2C2H6/c1-17-55(44-61(86(8,9)10)34-32-50(2)3)76-74-47-57(33-35-70(74)79(60-45-62(87(11,12)13)49-63(46-60)88(14,15)16)85-75-48-56-24-18-19-25-64(56)66-28-22-31-72(81(66)75)82(76)85)65-36-37-73-80-67(65)29-23-30-71(80)83-77(58-40-51(4)38-52(5)41-58)68-26-20-21-27-69(68)78(84(73)83)59-42-53(6)39-54(7)43-59;2*1-2/h17-50H,1-16H3;2*1-2H3/b34-32+,55-17+,61-44+;;. The van der Waals surface area contributed by atoms with E-state index in [4.69, 9.17) is 0 Å². The Morgan fingerprint density at radius 2 is 0.804 bits per heavy atom. The fraction of sp³-hybridized carbons (Fsp3) is 0.261. The normalized spacial score (nSPS) is 13.0. The van der Waals surface area contributed by atoms with Crippen molar-refractivity contribution in [2.24, 2.45) is 11.3 Å². The maximum atomic E-state index is 2.59. The fourth-order valence-electron chi connectivity index (χ4n) is 15.2. The molecule has 0 spiro atoms. The van der Waals surface area contributed by atoms with Gasteiger partial charge in [0, 0.05) is 0 Å². The first kappa shape index (κ1) is 63.3. The Morgan fingerprint density at radius 3 is 1.33 bits per heavy atom. The van der Waals surface area contributed by atoms with Crippen LogP contribution in [0.1, 0.15) is 150 Å². The molecule has 0 nitrogen and oxygen atoms in total. The number of hydrogen-bond acceptors (Lipinski definition) is 0. The van der Waals surface area contributed by atoms with Gasteiger partial charge in [0.1, 0.15) is 0 Å². The van der Waals surface area contributed by atoms with Crippen LogP contribution in [-0.4, -0.2) is 0 Å². The van der Waals surface area contributed by atoms with Gasteiger partial charge in [-0.1, -0.05) is 314 Å². The molecule has 12 aromatic rings. The fourth-order valence-corrected chi connectivity index (χ4v) is 15.2. The van der Waals surface area contributed by atoms with Gasteiger partial charge in [-0.2, -0.15) is 0 Å². The Balaban J connectivity index is 0.00000200. The van der Waals surface area contributed by atoms with Gasteiger partial charge >= 0.3 is 0 Å². The van der Waals surface area contributed by atoms with E-state index in [1.165, 1.54) is 193 Å². The molecule has 0 aliphatic heterocycles. The summed E-state index contributed by atoms with van der Waals surface area (Å²) < 4.78 is 0. The molecule has 2 aliphatic rings. The van der Waals surface area contributed by atoms with Crippen LogP contribution >= 0.6 is 0 Å². The maximum absolute atomic E-state index is 2.59. The van der Waals surface area contributed by atoms with Gasteiger partial charge in [0.15, 0.2) is 0 Å². The molecule has 14 rings (SSSR count). The Bertz CT molecular complexity index is 4890. The van der Waals surface area contributed by atoms with Gasteiger partial charge in [-0.25, -0.2) is 0 Å². The summed E-state index contributed by atoms with van der Waals surface area (Å²) in [6.45, 7) is 45.1. The van der Waals surface area contributed by atoms with Crippen LogP contribution in [0.4, 0.5) is 0 Å². The van der Waals surface area contributed by atoms with Crippen molar-refractivity contribution in [3.63, 3.8) is 0 Å². The van der Waals surface area contributed by atoms with Crippen LogP contribution in [0, 0.1) is 39.0 Å². The van der Waals surface area contributed by atoms with Crippen molar-refractivity contribution in [3.8, 4) is 89.0 Å². The van der Waals surface area contributed by atoms with E-state index in [0.29, 0.717) is 5.92 Å². The van der Waals surface area contributed by atoms with E-state index in [9.17, 15) is 0 Å². The van der Waals surface area contributed by atoms with Crippen LogP contribution in [0.25, 0.3) is 148 Å². The number of aryl methyl sites for hydroxylation is 4. The van der Waals surface area contributed by atoms with Crippen molar-refractivity contribution in [3.05, 3.63) is 245 Å². The smallest absolute Gasteiger partial charge is 0.000719 e. The summed E-state index contributed by atoms with van der Waals surface area (Å²) in [4.78, 5) is 0. The third kappa shape index (κ3) is 10.8. The van der Waals surface area contributed by atoms with Gasteiger partial charge in [-0.3, -0.25) is 0 Å². The molecule has 12 aromatic carbocycles. The SMILES string of the molecule is CC.CC.C\C=C(/C=C(\C=C\C(C)C)C(C)(C)C)c1c2c(c(-c3cc(C(C)(C)C)cc(C(C)(C)C)c3)c3ccc(-c4ccc5c6c(cccc46)-c4c-5c(-c5cc(C)cc(C)c5)c5ccccc5c4-c4cc(C)cc(C)c4)cc13)-c1cc3ccccc3c3cccc-2c13. The highest BCUT2D eigenvalue weighted by molar-refractivity contribution is 6.32. The summed E-state index contributed by atoms with van der Waals surface area (Å²) in [5, 5.41) is 12.9. The second-order valence-corrected chi connectivity index (χ2v) is 29.3. The number of hydrogen-bond donors (Lipinski definition) is 0. The lowest BCUT2D eigenvalue weighted by Gasteiger charge is -2.28. The third-order valence-corrected chi connectivity index (χ3v) is 19.2. The molecule has 0 heteroatoms. The number of rotatable bonds is 8. The van der Waals surface area contributed by atoms with Crippen LogP contribution in [0.2, 0.25) is 0 Å². The van der Waals surface area contributed by atoms with Crippen LogP contribution in [0.15, 0.2) is 206 Å². The Labute approximate surface area is 550 Å². The van der Waals surface area contributed by atoms with Crippen LogP contribution in [-0.2, 0) is 10.8 Å². The number of fused-ring (bicyclic) bond motifs is 10. The monoisotopic (exact) mass is 1200 g/mol. The highest BCUT2D eigenvalue weighted by Crippen LogP contribution is 2.61. The zero-order chi connectivity index (χ0) is 65.6. The Morgan fingerprint density at radius 1 is 0.359 bits per heavy atom. The van der Waals surface area contributed by atoms with E-state index in [0.717, 1.165) is 0 Å². The van der Waals surface area contributed by atoms with E-state index in [2.05, 4.69) is 311 Å². The molecular formula is C92H94. The molecule has 462 valence electrons. The summed E-state index contributed by atoms with van der Waals surface area (Å²) in [5.74, 6) is 0.413. The van der Waals surface area contributed by atoms with Crippen molar-refractivity contribution in [1.82, 2.24) is 0 Å². The molecular weight excluding hydrogens is 1110 g/mol. The van der Waals surface area contributed by atoms with E-state index < -0.39 is 0 Å². The lowest BCUT2D eigenvalue weighted by molar-refractivity contribution is 0.516. The lowest BCUT2D eigenvalue weighted by Crippen LogP contribution is -2.16. The molecule has 0 saturated carbocycles. The van der Waals surface area contributed by atoms with Gasteiger partial charge in [-0.05, 0) is 240 Å². The topological polar surface area (TPSA) is 0 Å². The molecule has 0 amide bonds. The Hall–Kier alpha value is -8.84. The molecule has 2 aliphatic carbocycles. The lowest BCUT2D eigenvalue weighted by atomic mass is 9.76. The highest BCUT2D eigenvalue weighted by Gasteiger charge is 2.35. The summed E-state index contributed by atoms with van der Waals surface area (Å²) in [7, 11) is 0. The van der Waals surface area contributed by atoms with Crippen LogP contribution < -0.4 is 0 Å². The minimum absolute atomic E-state index is 0.0846. The number of benzene rings is 12. The molecule has 0 aromatic heterocycles. The minimum Gasteiger partial charge on any atom is -0.0817 e. The molecule has 0 unspecified atom stereocenters. The van der Waals surface area contributed by atoms with Gasteiger partial charge in [-0.15, -0.1) is 0 Å². The predicted molar refractivity (Wildman–Crippen MR) is 409 cm³/mol. The molecule has 0 heterocycles. The molecule has 0 radical (unpaired) electrons. The number of allylic oxidation sites excluding steroid dienone is 6. The molecule has 92 heavy (non-hydrogen) atoms. The van der Waals surface area contributed by atoms with Gasteiger partial charge in [0.2, 0.25) is 0 Å². The molecule has 0 N–H and O–H groups in total. The summed E-state index contributed by atoms with van der Waals surface area (Å²) >= 11 is 0. The summed E-state index contributed by atoms with van der Waals surface area (Å²) in [6.07, 6.45) is 9.69. The predicted octanol–water partition coefficient (Wildman–Crippen LogP) is 27.9. The average Bonchev–Trinajstić information content (AvgIpc) is 1.51. The first-order valence-electron chi connectivity index (χ1n) is 34.1. The van der Waals surface area contributed by atoms with Crippen LogP contribution in [0.5, 0.6) is 0 Å². The van der Waals surface area contributed by atoms with Crippen LogP contribution in [0.3, 0.4) is 0 Å². The van der Waals surface area contributed by atoms with Crippen molar-refractivity contribution in [1.29, 1.82) is 0 Å². The second kappa shape index (κ2) is 24.0.